The molecule has 0 atom stereocenters. The van der Waals surface area contributed by atoms with E-state index in [1.807, 2.05) is 54.6 Å². The largest absolute Gasteiger partial charge is 0.302 e. The number of benzene rings is 3. The molecule has 1 saturated heterocycles. The maximum atomic E-state index is 13.5. The molecule has 0 N–H and O–H groups in total. The van der Waals surface area contributed by atoms with E-state index >= 15 is 0 Å². The van der Waals surface area contributed by atoms with E-state index in [1.54, 1.807) is 34.3 Å². The third-order valence-electron chi connectivity index (χ3n) is 6.68. The van der Waals surface area contributed by atoms with E-state index in [0.717, 1.165) is 42.5 Å². The number of anilines is 1. The van der Waals surface area contributed by atoms with Gasteiger partial charge in [-0.05, 0) is 49.1 Å². The van der Waals surface area contributed by atoms with Gasteiger partial charge in [-0.2, -0.15) is 4.31 Å². The van der Waals surface area contributed by atoms with E-state index in [2.05, 4.69) is 0 Å². The first-order valence-corrected chi connectivity index (χ1v) is 13.5. The number of carbonyl (C=O) groups excluding carboxylic acids is 1. The molecule has 2 aliphatic heterocycles. The minimum Gasteiger partial charge on any atom is -0.302 e. The van der Waals surface area contributed by atoms with Crippen LogP contribution in [0, 0.1) is 6.92 Å². The number of amides is 1. The van der Waals surface area contributed by atoms with Gasteiger partial charge in [-0.1, -0.05) is 67.4 Å². The van der Waals surface area contributed by atoms with Gasteiger partial charge in [0, 0.05) is 18.7 Å². The summed E-state index contributed by atoms with van der Waals surface area (Å²) in [6.07, 6.45) is 3.87. The summed E-state index contributed by atoms with van der Waals surface area (Å²) in [6, 6.07) is 22.6. The van der Waals surface area contributed by atoms with Gasteiger partial charge in [0.15, 0.2) is 0 Å². The number of aliphatic imine (C=N–C) groups is 1. The summed E-state index contributed by atoms with van der Waals surface area (Å²) in [5, 5.41) is 0. The number of sulfonamides is 1. The number of rotatable bonds is 5. The van der Waals surface area contributed by atoms with Crippen LogP contribution in [0.5, 0.6) is 0 Å². The lowest BCUT2D eigenvalue weighted by atomic mass is 10.1. The molecule has 6 nitrogen and oxygen atoms in total. The van der Waals surface area contributed by atoms with Gasteiger partial charge >= 0.3 is 0 Å². The molecule has 3 aromatic carbocycles. The maximum absolute atomic E-state index is 13.5. The molecule has 0 radical (unpaired) electrons. The van der Waals surface area contributed by atoms with Gasteiger partial charge in [0.2, 0.25) is 10.0 Å². The van der Waals surface area contributed by atoms with Crippen LogP contribution in [0.25, 0.3) is 0 Å². The lowest BCUT2D eigenvalue weighted by Gasteiger charge is -2.21. The van der Waals surface area contributed by atoms with Gasteiger partial charge in [0.1, 0.15) is 5.71 Å². The highest BCUT2D eigenvalue weighted by molar-refractivity contribution is 7.89. The van der Waals surface area contributed by atoms with Crippen molar-refractivity contribution in [2.45, 2.75) is 44.0 Å². The average molecular weight is 488 g/mol. The topological polar surface area (TPSA) is 70.0 Å². The molecule has 0 aliphatic carbocycles. The van der Waals surface area contributed by atoms with E-state index < -0.39 is 10.0 Å². The molecule has 35 heavy (non-hydrogen) atoms. The number of para-hydroxylation sites is 1. The first kappa shape index (κ1) is 23.5. The smallest absolute Gasteiger partial charge is 0.277 e. The predicted molar refractivity (Wildman–Crippen MR) is 139 cm³/mol. The highest BCUT2D eigenvalue weighted by atomic mass is 32.2. The Balaban J connectivity index is 1.51. The molecule has 2 aliphatic rings. The van der Waals surface area contributed by atoms with Crippen molar-refractivity contribution in [2.24, 2.45) is 4.99 Å². The summed E-state index contributed by atoms with van der Waals surface area (Å²) in [7, 11) is -3.63. The van der Waals surface area contributed by atoms with Crippen LogP contribution < -0.4 is 4.90 Å². The van der Waals surface area contributed by atoms with Gasteiger partial charge in [-0.25, -0.2) is 13.4 Å². The molecule has 7 heteroatoms. The second kappa shape index (κ2) is 9.76. The Kier molecular flexibility index (Phi) is 6.54. The molecule has 0 saturated carbocycles. The van der Waals surface area contributed by atoms with Crippen molar-refractivity contribution < 1.29 is 13.2 Å². The first-order valence-electron chi connectivity index (χ1n) is 12.1. The fourth-order valence-electron chi connectivity index (χ4n) is 4.78. The zero-order valence-electron chi connectivity index (χ0n) is 19.9. The third kappa shape index (κ3) is 4.66. The summed E-state index contributed by atoms with van der Waals surface area (Å²) < 4.78 is 28.5. The van der Waals surface area contributed by atoms with Gasteiger partial charge in [-0.15, -0.1) is 0 Å². The van der Waals surface area contributed by atoms with Crippen molar-refractivity contribution >= 4 is 33.0 Å². The molecule has 1 fully saturated rings. The standard InChI is InChI=1S/C28H29N3O3S/c1-21-15-16-23(19-26(21)35(33,34)30-17-9-2-3-10-18-30)29-27-24-13-7-8-14-25(24)31(28(27)32)20-22-11-5-4-6-12-22/h4-8,11-16,19H,2-3,9-10,17-18,20H2,1H3. The van der Waals surface area contributed by atoms with Crippen molar-refractivity contribution in [3.05, 3.63) is 89.5 Å². The molecule has 0 bridgehead atoms. The first-order chi connectivity index (χ1) is 16.9. The Morgan fingerprint density at radius 1 is 0.857 bits per heavy atom. The number of nitrogens with zero attached hydrogens (tertiary/aromatic N) is 3. The van der Waals surface area contributed by atoms with Crippen molar-refractivity contribution in [3.8, 4) is 0 Å². The van der Waals surface area contributed by atoms with Crippen LogP contribution in [0.1, 0.15) is 42.4 Å². The molecule has 2 heterocycles. The zero-order valence-corrected chi connectivity index (χ0v) is 20.7. The SMILES string of the molecule is Cc1ccc(N=C2C(=O)N(Cc3ccccc3)c3ccccc32)cc1S(=O)(=O)N1CCCCCC1. The normalized spacial score (nSPS) is 18.0. The van der Waals surface area contributed by atoms with Crippen molar-refractivity contribution in [2.75, 3.05) is 18.0 Å². The zero-order chi connectivity index (χ0) is 24.4. The van der Waals surface area contributed by atoms with Crippen LogP contribution in [-0.2, 0) is 21.4 Å². The summed E-state index contributed by atoms with van der Waals surface area (Å²) >= 11 is 0. The fraction of sp³-hybridized carbons (Fsp3) is 0.286. The molecule has 180 valence electrons. The van der Waals surface area contributed by atoms with Crippen molar-refractivity contribution in [1.29, 1.82) is 0 Å². The Morgan fingerprint density at radius 3 is 2.29 bits per heavy atom. The predicted octanol–water partition coefficient (Wildman–Crippen LogP) is 5.23. The Hall–Kier alpha value is -3.29. The molecule has 3 aromatic rings. The van der Waals surface area contributed by atoms with E-state index in [-0.39, 0.29) is 10.8 Å². The Bertz CT molecular complexity index is 1380. The highest BCUT2D eigenvalue weighted by Crippen LogP contribution is 2.33. The van der Waals surface area contributed by atoms with Crippen LogP contribution >= 0.6 is 0 Å². The summed E-state index contributed by atoms with van der Waals surface area (Å²) in [5.74, 6) is -0.187. The van der Waals surface area contributed by atoms with Gasteiger partial charge in [0.05, 0.1) is 22.8 Å². The monoisotopic (exact) mass is 487 g/mol. The quantitative estimate of drug-likeness (QED) is 0.495. The van der Waals surface area contributed by atoms with Crippen molar-refractivity contribution in [1.82, 2.24) is 4.31 Å². The van der Waals surface area contributed by atoms with E-state index in [9.17, 15) is 13.2 Å². The third-order valence-corrected chi connectivity index (χ3v) is 8.72. The van der Waals surface area contributed by atoms with Gasteiger partial charge in [0.25, 0.3) is 5.91 Å². The molecule has 0 spiro atoms. The van der Waals surface area contributed by atoms with Crippen LogP contribution in [0.2, 0.25) is 0 Å². The molecule has 0 unspecified atom stereocenters. The Labute approximate surface area is 207 Å². The van der Waals surface area contributed by atoms with E-state index in [4.69, 9.17) is 4.99 Å². The van der Waals surface area contributed by atoms with E-state index in [0.29, 0.717) is 36.6 Å². The number of aryl methyl sites for hydroxylation is 1. The maximum Gasteiger partial charge on any atom is 0.277 e. The van der Waals surface area contributed by atoms with Crippen LogP contribution in [0.4, 0.5) is 11.4 Å². The van der Waals surface area contributed by atoms with Gasteiger partial charge < -0.3 is 4.90 Å². The number of carbonyl (C=O) groups is 1. The fourth-order valence-corrected chi connectivity index (χ4v) is 6.54. The Morgan fingerprint density at radius 2 is 1.54 bits per heavy atom. The van der Waals surface area contributed by atoms with Crippen LogP contribution in [0.15, 0.2) is 82.7 Å². The lowest BCUT2D eigenvalue weighted by molar-refractivity contribution is -0.112. The highest BCUT2D eigenvalue weighted by Gasteiger charge is 2.34. The summed E-state index contributed by atoms with van der Waals surface area (Å²) in [6.45, 7) is 3.33. The molecular weight excluding hydrogens is 458 g/mol. The van der Waals surface area contributed by atoms with Crippen LogP contribution in [-0.4, -0.2) is 37.4 Å². The minimum absolute atomic E-state index is 0.187. The summed E-state index contributed by atoms with van der Waals surface area (Å²) in [5.41, 5.74) is 4.07. The van der Waals surface area contributed by atoms with E-state index in [1.165, 1.54) is 0 Å². The lowest BCUT2D eigenvalue weighted by Crippen LogP contribution is -2.32. The second-order valence-corrected chi connectivity index (χ2v) is 11.0. The number of fused-ring (bicyclic) bond motifs is 1. The molecule has 1 amide bonds. The molecular formula is C28H29N3O3S. The molecule has 0 aromatic heterocycles. The molecule has 5 rings (SSSR count). The van der Waals surface area contributed by atoms with Crippen LogP contribution in [0.3, 0.4) is 0 Å². The summed E-state index contributed by atoms with van der Waals surface area (Å²) in [4.78, 5) is 20.2. The number of hydrogen-bond donors (Lipinski definition) is 0. The number of hydrogen-bond acceptors (Lipinski definition) is 4. The second-order valence-electron chi connectivity index (χ2n) is 9.12. The van der Waals surface area contributed by atoms with Gasteiger partial charge in [-0.3, -0.25) is 4.79 Å². The average Bonchev–Trinajstić information content (AvgIpc) is 3.05. The van der Waals surface area contributed by atoms with Crippen molar-refractivity contribution in [3.63, 3.8) is 0 Å². The minimum atomic E-state index is -3.63.